The quantitative estimate of drug-likeness (QED) is 0.878. The van der Waals surface area contributed by atoms with E-state index in [1.54, 1.807) is 0 Å². The molecule has 4 heteroatoms. The number of nitrogens with two attached hydrogens (primary N) is 1. The Morgan fingerprint density at radius 3 is 2.50 bits per heavy atom. The topological polar surface area (TPSA) is 46.2 Å². The van der Waals surface area contributed by atoms with Crippen LogP contribution in [0.2, 0.25) is 0 Å². The third kappa shape index (κ3) is 2.29. The Hall–Kier alpha value is 0.1000. The zero-order valence-electron chi connectivity index (χ0n) is 6.30. The Kier molecular flexibility index (Phi) is 3.71. The summed E-state index contributed by atoms with van der Waals surface area (Å²) in [6.07, 6.45) is -0.575. The molecule has 66 valence electrons. The summed E-state index contributed by atoms with van der Waals surface area (Å²) < 4.78 is 1.89. The molecular formula is C8H9Br2NO. The minimum atomic E-state index is -0.575. The normalized spacial score (nSPS) is 13.0. The van der Waals surface area contributed by atoms with E-state index in [4.69, 9.17) is 5.73 Å². The van der Waals surface area contributed by atoms with Crippen LogP contribution in [-0.4, -0.2) is 11.7 Å². The molecule has 1 rings (SSSR count). The minimum Gasteiger partial charge on any atom is -0.387 e. The first-order valence-corrected chi connectivity index (χ1v) is 5.07. The van der Waals surface area contributed by atoms with Crippen LogP contribution in [0.3, 0.4) is 0 Å². The molecule has 0 spiro atoms. The molecule has 1 aromatic rings. The molecule has 0 unspecified atom stereocenters. The van der Waals surface area contributed by atoms with Crippen LogP contribution in [0, 0.1) is 0 Å². The number of rotatable bonds is 2. The fourth-order valence-electron chi connectivity index (χ4n) is 0.856. The first-order valence-electron chi connectivity index (χ1n) is 3.48. The molecule has 0 saturated carbocycles. The van der Waals surface area contributed by atoms with E-state index in [2.05, 4.69) is 31.9 Å². The number of benzene rings is 1. The van der Waals surface area contributed by atoms with Crippen LogP contribution in [0.1, 0.15) is 11.7 Å². The van der Waals surface area contributed by atoms with Gasteiger partial charge in [-0.2, -0.15) is 0 Å². The van der Waals surface area contributed by atoms with Crippen molar-refractivity contribution >= 4 is 31.9 Å². The molecular weight excluding hydrogens is 286 g/mol. The zero-order valence-corrected chi connectivity index (χ0v) is 9.47. The van der Waals surface area contributed by atoms with E-state index >= 15 is 0 Å². The second kappa shape index (κ2) is 4.37. The van der Waals surface area contributed by atoms with E-state index in [0.717, 1.165) is 14.5 Å². The zero-order chi connectivity index (χ0) is 9.14. The Morgan fingerprint density at radius 2 is 2.00 bits per heavy atom. The lowest BCUT2D eigenvalue weighted by Crippen LogP contribution is -2.11. The standard InChI is InChI=1S/C8H9Br2NO/c9-6-2-1-5(3-7(6)10)8(12)4-11/h1-3,8,12H,4,11H2/t8-/m0/s1. The molecule has 12 heavy (non-hydrogen) atoms. The van der Waals surface area contributed by atoms with Crippen LogP contribution in [0.15, 0.2) is 27.1 Å². The molecule has 0 aliphatic carbocycles. The summed E-state index contributed by atoms with van der Waals surface area (Å²) in [7, 11) is 0. The second-order valence-electron chi connectivity index (χ2n) is 2.43. The Morgan fingerprint density at radius 1 is 1.33 bits per heavy atom. The van der Waals surface area contributed by atoms with Crippen molar-refractivity contribution in [1.82, 2.24) is 0 Å². The molecule has 0 saturated heterocycles. The highest BCUT2D eigenvalue weighted by atomic mass is 79.9. The summed E-state index contributed by atoms with van der Waals surface area (Å²) in [4.78, 5) is 0. The van der Waals surface area contributed by atoms with Gasteiger partial charge in [-0.15, -0.1) is 0 Å². The highest BCUT2D eigenvalue weighted by Crippen LogP contribution is 2.26. The molecule has 0 fully saturated rings. The monoisotopic (exact) mass is 293 g/mol. The summed E-state index contributed by atoms with van der Waals surface area (Å²) in [5.41, 5.74) is 6.14. The first kappa shape index (κ1) is 10.2. The lowest BCUT2D eigenvalue weighted by Gasteiger charge is -2.08. The summed E-state index contributed by atoms with van der Waals surface area (Å²) >= 11 is 6.69. The van der Waals surface area contributed by atoms with Gasteiger partial charge >= 0.3 is 0 Å². The number of aliphatic hydroxyl groups is 1. The van der Waals surface area contributed by atoms with Crippen LogP contribution < -0.4 is 5.73 Å². The molecule has 2 nitrogen and oxygen atoms in total. The predicted molar refractivity (Wildman–Crippen MR) is 55.9 cm³/mol. The fourth-order valence-corrected chi connectivity index (χ4v) is 1.50. The van der Waals surface area contributed by atoms with Crippen molar-refractivity contribution in [3.05, 3.63) is 32.7 Å². The summed E-state index contributed by atoms with van der Waals surface area (Å²) in [6.45, 7) is 0.244. The van der Waals surface area contributed by atoms with Crippen molar-refractivity contribution in [1.29, 1.82) is 0 Å². The molecule has 0 radical (unpaired) electrons. The van der Waals surface area contributed by atoms with Gasteiger partial charge in [-0.1, -0.05) is 6.07 Å². The van der Waals surface area contributed by atoms with Gasteiger partial charge in [-0.25, -0.2) is 0 Å². The van der Waals surface area contributed by atoms with Gasteiger partial charge in [0.25, 0.3) is 0 Å². The minimum absolute atomic E-state index is 0.244. The van der Waals surface area contributed by atoms with Crippen LogP contribution in [0.5, 0.6) is 0 Å². The van der Waals surface area contributed by atoms with Crippen molar-refractivity contribution in [3.63, 3.8) is 0 Å². The van der Waals surface area contributed by atoms with E-state index in [1.165, 1.54) is 0 Å². The van der Waals surface area contributed by atoms with Crippen molar-refractivity contribution in [2.24, 2.45) is 5.73 Å². The summed E-state index contributed by atoms with van der Waals surface area (Å²) in [6, 6.07) is 5.56. The van der Waals surface area contributed by atoms with Gasteiger partial charge in [0, 0.05) is 15.5 Å². The molecule has 1 atom stereocenters. The third-order valence-corrected chi connectivity index (χ3v) is 3.43. The molecule has 1 aromatic carbocycles. The van der Waals surface area contributed by atoms with Gasteiger partial charge in [0.1, 0.15) is 0 Å². The van der Waals surface area contributed by atoms with Gasteiger partial charge in [0.2, 0.25) is 0 Å². The maximum absolute atomic E-state index is 9.38. The van der Waals surface area contributed by atoms with Crippen molar-refractivity contribution in [2.75, 3.05) is 6.54 Å². The Bertz CT molecular complexity index is 278. The SMILES string of the molecule is NC[C@H](O)c1ccc(Br)c(Br)c1. The van der Waals surface area contributed by atoms with Crippen LogP contribution in [0.25, 0.3) is 0 Å². The lowest BCUT2D eigenvalue weighted by molar-refractivity contribution is 0.186. The van der Waals surface area contributed by atoms with Crippen LogP contribution in [-0.2, 0) is 0 Å². The molecule has 0 aliphatic heterocycles. The van der Waals surface area contributed by atoms with Crippen molar-refractivity contribution in [3.8, 4) is 0 Å². The van der Waals surface area contributed by atoms with Gasteiger partial charge in [0.05, 0.1) is 6.10 Å². The fraction of sp³-hybridized carbons (Fsp3) is 0.250. The van der Waals surface area contributed by atoms with Gasteiger partial charge in [0.15, 0.2) is 0 Å². The Labute approximate surface area is 88.0 Å². The van der Waals surface area contributed by atoms with Gasteiger partial charge in [-0.3, -0.25) is 0 Å². The summed E-state index contributed by atoms with van der Waals surface area (Å²) in [5.74, 6) is 0. The third-order valence-electron chi connectivity index (χ3n) is 1.55. The molecule has 0 aromatic heterocycles. The molecule has 0 aliphatic rings. The number of hydrogen-bond acceptors (Lipinski definition) is 2. The van der Waals surface area contributed by atoms with Crippen molar-refractivity contribution in [2.45, 2.75) is 6.10 Å². The van der Waals surface area contributed by atoms with Gasteiger partial charge < -0.3 is 10.8 Å². The molecule has 0 bridgehead atoms. The molecule has 3 N–H and O–H groups in total. The van der Waals surface area contributed by atoms with Gasteiger partial charge in [-0.05, 0) is 49.6 Å². The van der Waals surface area contributed by atoms with E-state index in [-0.39, 0.29) is 6.54 Å². The maximum atomic E-state index is 9.38. The number of aliphatic hydroxyl groups excluding tert-OH is 1. The van der Waals surface area contributed by atoms with Crippen LogP contribution in [0.4, 0.5) is 0 Å². The highest BCUT2D eigenvalue weighted by Gasteiger charge is 2.06. The largest absolute Gasteiger partial charge is 0.387 e. The van der Waals surface area contributed by atoms with Crippen LogP contribution >= 0.6 is 31.9 Å². The van der Waals surface area contributed by atoms with E-state index in [1.807, 2.05) is 18.2 Å². The highest BCUT2D eigenvalue weighted by molar-refractivity contribution is 9.13. The van der Waals surface area contributed by atoms with Crippen molar-refractivity contribution < 1.29 is 5.11 Å². The smallest absolute Gasteiger partial charge is 0.0912 e. The number of hydrogen-bond donors (Lipinski definition) is 2. The molecule has 0 heterocycles. The predicted octanol–water partition coefficient (Wildman–Crippen LogP) is 2.20. The summed E-state index contributed by atoms with van der Waals surface area (Å²) in [5, 5.41) is 9.38. The Balaban J connectivity index is 2.96. The van der Waals surface area contributed by atoms with E-state index in [0.29, 0.717) is 0 Å². The maximum Gasteiger partial charge on any atom is 0.0912 e. The first-order chi connectivity index (χ1) is 5.65. The van der Waals surface area contributed by atoms with E-state index < -0.39 is 6.10 Å². The average Bonchev–Trinajstić information content (AvgIpc) is 2.08. The second-order valence-corrected chi connectivity index (χ2v) is 4.13. The average molecular weight is 295 g/mol. The van der Waals surface area contributed by atoms with E-state index in [9.17, 15) is 5.11 Å². The number of halogens is 2. The lowest BCUT2D eigenvalue weighted by atomic mass is 10.1. The molecule has 0 amide bonds.